The third kappa shape index (κ3) is 3.32. The third-order valence-electron chi connectivity index (χ3n) is 3.21. The molecule has 2 aromatic carbocycles. The minimum Gasteiger partial charge on any atom is -0.236 e. The van der Waals surface area contributed by atoms with Crippen LogP contribution in [0.5, 0.6) is 0 Å². The number of aromatic nitrogens is 1. The number of fused-ring (bicyclic) bond motifs is 1. The lowest BCUT2D eigenvalue weighted by Gasteiger charge is -2.06. The molecule has 6 heteroatoms. The molecule has 3 nitrogen and oxygen atoms in total. The van der Waals surface area contributed by atoms with Crippen LogP contribution in [-0.2, 0) is 15.6 Å². The lowest BCUT2D eigenvalue weighted by molar-refractivity contribution is 0.592. The average Bonchev–Trinajstić information content (AvgIpc) is 2.49. The van der Waals surface area contributed by atoms with Gasteiger partial charge in [0.05, 0.1) is 11.3 Å². The normalized spacial score (nSPS) is 11.7. The summed E-state index contributed by atoms with van der Waals surface area (Å²) in [6.07, 6.45) is 0. The Morgan fingerprint density at radius 1 is 1.00 bits per heavy atom. The van der Waals surface area contributed by atoms with Crippen molar-refractivity contribution in [2.24, 2.45) is 0 Å². The Morgan fingerprint density at radius 3 is 2.45 bits per heavy atom. The standard InChI is InChI=1S/C16H11BrClNO2S/c17-13-4-1-11(2-5-13)10-22(20,21)16-8-3-12-9-14(18)6-7-15(12)19-16/h1-9H,10H2. The first kappa shape index (κ1) is 15.5. The number of pyridine rings is 1. The van der Waals surface area contributed by atoms with E-state index in [1.165, 1.54) is 6.07 Å². The Balaban J connectivity index is 1.97. The van der Waals surface area contributed by atoms with Crippen LogP contribution in [0, 0.1) is 0 Å². The van der Waals surface area contributed by atoms with Gasteiger partial charge < -0.3 is 0 Å². The van der Waals surface area contributed by atoms with E-state index in [0.717, 1.165) is 15.4 Å². The van der Waals surface area contributed by atoms with Crippen molar-refractivity contribution in [3.05, 3.63) is 69.7 Å². The molecule has 0 fully saturated rings. The number of halogens is 2. The number of benzene rings is 2. The molecule has 3 aromatic rings. The first-order chi connectivity index (χ1) is 10.4. The fourth-order valence-corrected chi connectivity index (χ4v) is 3.86. The maximum atomic E-state index is 12.5. The second-order valence-electron chi connectivity index (χ2n) is 4.87. The molecule has 0 aliphatic rings. The summed E-state index contributed by atoms with van der Waals surface area (Å²) >= 11 is 9.25. The molecule has 0 unspecified atom stereocenters. The predicted molar refractivity (Wildman–Crippen MR) is 91.8 cm³/mol. The van der Waals surface area contributed by atoms with Gasteiger partial charge in [-0.1, -0.05) is 39.7 Å². The van der Waals surface area contributed by atoms with Gasteiger partial charge in [-0.25, -0.2) is 13.4 Å². The fraction of sp³-hybridized carbons (Fsp3) is 0.0625. The van der Waals surface area contributed by atoms with E-state index in [9.17, 15) is 8.42 Å². The van der Waals surface area contributed by atoms with Gasteiger partial charge in [-0.3, -0.25) is 0 Å². The van der Waals surface area contributed by atoms with Crippen LogP contribution in [0.2, 0.25) is 5.02 Å². The van der Waals surface area contributed by atoms with Gasteiger partial charge in [0.15, 0.2) is 14.9 Å². The molecule has 22 heavy (non-hydrogen) atoms. The Labute approximate surface area is 142 Å². The van der Waals surface area contributed by atoms with E-state index in [-0.39, 0.29) is 10.8 Å². The van der Waals surface area contributed by atoms with Crippen molar-refractivity contribution in [1.82, 2.24) is 4.98 Å². The minimum atomic E-state index is -3.49. The molecule has 0 bridgehead atoms. The Kier molecular flexibility index (Phi) is 4.21. The first-order valence-corrected chi connectivity index (χ1v) is 9.30. The number of nitrogens with zero attached hydrogens (tertiary/aromatic N) is 1. The Hall–Kier alpha value is -1.43. The topological polar surface area (TPSA) is 47.0 Å². The molecule has 0 N–H and O–H groups in total. The summed E-state index contributed by atoms with van der Waals surface area (Å²) in [4.78, 5) is 4.25. The average molecular weight is 397 g/mol. The minimum absolute atomic E-state index is 0.0743. The lowest BCUT2D eigenvalue weighted by Crippen LogP contribution is -2.07. The van der Waals surface area contributed by atoms with Gasteiger partial charge in [-0.05, 0) is 48.0 Å². The van der Waals surface area contributed by atoms with Crippen LogP contribution in [0.25, 0.3) is 10.9 Å². The summed E-state index contributed by atoms with van der Waals surface area (Å²) in [5.41, 5.74) is 1.34. The number of hydrogen-bond donors (Lipinski definition) is 0. The highest BCUT2D eigenvalue weighted by Crippen LogP contribution is 2.22. The first-order valence-electron chi connectivity index (χ1n) is 6.47. The van der Waals surface area contributed by atoms with Crippen LogP contribution in [0.1, 0.15) is 5.56 Å². The second kappa shape index (κ2) is 5.99. The zero-order valence-corrected chi connectivity index (χ0v) is 14.5. The van der Waals surface area contributed by atoms with Crippen LogP contribution in [0.3, 0.4) is 0 Å². The van der Waals surface area contributed by atoms with E-state index in [4.69, 9.17) is 11.6 Å². The Morgan fingerprint density at radius 2 is 1.73 bits per heavy atom. The van der Waals surface area contributed by atoms with Gasteiger partial charge in [0.25, 0.3) is 0 Å². The monoisotopic (exact) mass is 395 g/mol. The van der Waals surface area contributed by atoms with Gasteiger partial charge in [-0.2, -0.15) is 0 Å². The summed E-state index contributed by atoms with van der Waals surface area (Å²) in [5.74, 6) is -0.0770. The highest BCUT2D eigenvalue weighted by Gasteiger charge is 2.17. The van der Waals surface area contributed by atoms with Crippen molar-refractivity contribution in [1.29, 1.82) is 0 Å². The summed E-state index contributed by atoms with van der Waals surface area (Å²) in [5, 5.41) is 1.49. The summed E-state index contributed by atoms with van der Waals surface area (Å²) in [6.45, 7) is 0. The summed E-state index contributed by atoms with van der Waals surface area (Å²) in [7, 11) is -3.49. The van der Waals surface area contributed by atoms with Crippen molar-refractivity contribution < 1.29 is 8.42 Å². The molecule has 0 spiro atoms. The molecule has 3 rings (SSSR count). The zero-order chi connectivity index (χ0) is 15.7. The van der Waals surface area contributed by atoms with Gasteiger partial charge >= 0.3 is 0 Å². The van der Waals surface area contributed by atoms with Crippen LogP contribution in [-0.4, -0.2) is 13.4 Å². The number of hydrogen-bond acceptors (Lipinski definition) is 3. The molecular formula is C16H11BrClNO2S. The zero-order valence-electron chi connectivity index (χ0n) is 11.3. The van der Waals surface area contributed by atoms with E-state index in [2.05, 4.69) is 20.9 Å². The smallest absolute Gasteiger partial charge is 0.199 e. The maximum absolute atomic E-state index is 12.5. The van der Waals surface area contributed by atoms with Gasteiger partial charge in [0.2, 0.25) is 0 Å². The molecule has 0 aliphatic heterocycles. The predicted octanol–water partition coefficient (Wildman–Crippen LogP) is 4.62. The molecule has 0 amide bonds. The molecule has 0 aliphatic carbocycles. The van der Waals surface area contributed by atoms with Crippen LogP contribution in [0.4, 0.5) is 0 Å². The SMILES string of the molecule is O=S(=O)(Cc1ccc(Br)cc1)c1ccc2cc(Cl)ccc2n1. The highest BCUT2D eigenvalue weighted by molar-refractivity contribution is 9.10. The van der Waals surface area contributed by atoms with Crippen LogP contribution in [0.15, 0.2) is 64.1 Å². The number of sulfone groups is 1. The van der Waals surface area contributed by atoms with E-state index in [0.29, 0.717) is 10.5 Å². The quantitative estimate of drug-likeness (QED) is 0.649. The summed E-state index contributed by atoms with van der Waals surface area (Å²) in [6, 6.07) is 15.6. The molecule has 0 atom stereocenters. The van der Waals surface area contributed by atoms with Crippen molar-refractivity contribution in [3.8, 4) is 0 Å². The van der Waals surface area contributed by atoms with Crippen LogP contribution >= 0.6 is 27.5 Å². The second-order valence-corrected chi connectivity index (χ2v) is 8.16. The molecule has 0 saturated heterocycles. The van der Waals surface area contributed by atoms with Crippen molar-refractivity contribution in [2.45, 2.75) is 10.8 Å². The maximum Gasteiger partial charge on any atom is 0.199 e. The van der Waals surface area contributed by atoms with E-state index < -0.39 is 9.84 Å². The van der Waals surface area contributed by atoms with E-state index in [1.54, 1.807) is 36.4 Å². The van der Waals surface area contributed by atoms with Crippen molar-refractivity contribution in [2.75, 3.05) is 0 Å². The van der Waals surface area contributed by atoms with Crippen molar-refractivity contribution in [3.63, 3.8) is 0 Å². The van der Waals surface area contributed by atoms with Crippen molar-refractivity contribution >= 4 is 48.3 Å². The van der Waals surface area contributed by atoms with Gasteiger partial charge in [-0.15, -0.1) is 0 Å². The lowest BCUT2D eigenvalue weighted by atomic mass is 10.2. The molecule has 1 aromatic heterocycles. The van der Waals surface area contributed by atoms with Gasteiger partial charge in [0, 0.05) is 14.9 Å². The highest BCUT2D eigenvalue weighted by atomic mass is 79.9. The summed E-state index contributed by atoms with van der Waals surface area (Å²) < 4.78 is 25.9. The molecule has 0 radical (unpaired) electrons. The molecular weight excluding hydrogens is 386 g/mol. The van der Waals surface area contributed by atoms with E-state index >= 15 is 0 Å². The van der Waals surface area contributed by atoms with E-state index in [1.807, 2.05) is 12.1 Å². The molecule has 0 saturated carbocycles. The molecule has 1 heterocycles. The largest absolute Gasteiger partial charge is 0.236 e. The fourth-order valence-electron chi connectivity index (χ4n) is 2.12. The van der Waals surface area contributed by atoms with Crippen LogP contribution < -0.4 is 0 Å². The Bertz CT molecular complexity index is 940. The van der Waals surface area contributed by atoms with Gasteiger partial charge in [0.1, 0.15) is 0 Å². The third-order valence-corrected chi connectivity index (χ3v) is 5.56. The molecule has 112 valence electrons. The number of rotatable bonds is 3.